The Morgan fingerprint density at radius 2 is 1.72 bits per heavy atom. The Labute approximate surface area is 120 Å². The van der Waals surface area contributed by atoms with Gasteiger partial charge in [0, 0.05) is 11.4 Å². The molecule has 2 fully saturated rings. The molecule has 2 nitrogen and oxygen atoms in total. The molecule has 0 aliphatic heterocycles. The Bertz CT molecular complexity index is 249. The topological polar surface area (TPSA) is 18.5 Å². The van der Waals surface area contributed by atoms with Gasteiger partial charge in [-0.05, 0) is 43.9 Å². The van der Waals surface area contributed by atoms with Gasteiger partial charge in [0.2, 0.25) is 0 Å². The van der Waals surface area contributed by atoms with E-state index >= 15 is 0 Å². The molecular formula is C15H27BrO2. The molecule has 2 saturated carbocycles. The van der Waals surface area contributed by atoms with Gasteiger partial charge >= 0.3 is 0 Å². The lowest BCUT2D eigenvalue weighted by Crippen LogP contribution is -2.52. The second-order valence-electron chi connectivity index (χ2n) is 6.30. The standard InChI is InChI=1S/C15H27BrO2/c1-4-5-17-15-13(16)9-14(15)18-12-7-10(2)6-11(3)8-12/h10-15H,4-9H2,1-3H3. The van der Waals surface area contributed by atoms with Crippen molar-refractivity contribution in [2.75, 3.05) is 6.61 Å². The Morgan fingerprint density at radius 3 is 2.28 bits per heavy atom. The van der Waals surface area contributed by atoms with E-state index < -0.39 is 0 Å². The third-order valence-electron chi connectivity index (χ3n) is 4.20. The fourth-order valence-corrected chi connectivity index (χ4v) is 4.22. The minimum Gasteiger partial charge on any atom is -0.374 e. The number of hydrogen-bond donors (Lipinski definition) is 0. The zero-order valence-electron chi connectivity index (χ0n) is 11.9. The molecule has 0 spiro atoms. The molecule has 0 aromatic heterocycles. The fraction of sp³-hybridized carbons (Fsp3) is 1.00. The van der Waals surface area contributed by atoms with Crippen molar-refractivity contribution in [1.29, 1.82) is 0 Å². The molecule has 0 N–H and O–H groups in total. The number of ether oxygens (including phenoxy) is 2. The SMILES string of the molecule is CCCOC1C(Br)CC1OC1CC(C)CC(C)C1. The van der Waals surface area contributed by atoms with E-state index in [0.717, 1.165) is 31.3 Å². The van der Waals surface area contributed by atoms with Crippen molar-refractivity contribution in [3.8, 4) is 0 Å². The molecule has 0 aromatic rings. The average molecular weight is 319 g/mol. The van der Waals surface area contributed by atoms with Gasteiger partial charge in [0.15, 0.2) is 0 Å². The van der Waals surface area contributed by atoms with Gasteiger partial charge < -0.3 is 9.47 Å². The smallest absolute Gasteiger partial charge is 0.0962 e. The van der Waals surface area contributed by atoms with E-state index in [2.05, 4.69) is 36.7 Å². The van der Waals surface area contributed by atoms with Crippen LogP contribution in [0, 0.1) is 11.8 Å². The molecule has 2 aliphatic rings. The van der Waals surface area contributed by atoms with Crippen molar-refractivity contribution in [3.63, 3.8) is 0 Å². The first-order chi connectivity index (χ1) is 8.60. The highest BCUT2D eigenvalue weighted by atomic mass is 79.9. The lowest BCUT2D eigenvalue weighted by Gasteiger charge is -2.44. The number of rotatable bonds is 5. The van der Waals surface area contributed by atoms with Crippen LogP contribution in [0.4, 0.5) is 0 Å². The molecule has 2 aliphatic carbocycles. The largest absolute Gasteiger partial charge is 0.374 e. The van der Waals surface area contributed by atoms with E-state index in [1.807, 2.05) is 0 Å². The molecule has 18 heavy (non-hydrogen) atoms. The lowest BCUT2D eigenvalue weighted by molar-refractivity contribution is -0.156. The van der Waals surface area contributed by atoms with Crippen LogP contribution in [0.25, 0.3) is 0 Å². The molecule has 5 unspecified atom stereocenters. The molecule has 0 amide bonds. The third kappa shape index (κ3) is 3.71. The molecule has 106 valence electrons. The number of halogens is 1. The highest BCUT2D eigenvalue weighted by Crippen LogP contribution is 2.38. The summed E-state index contributed by atoms with van der Waals surface area (Å²) in [6, 6.07) is 0. The molecule has 2 rings (SSSR count). The summed E-state index contributed by atoms with van der Waals surface area (Å²) in [5, 5.41) is 0. The molecule has 0 heterocycles. The van der Waals surface area contributed by atoms with Crippen LogP contribution in [-0.2, 0) is 9.47 Å². The van der Waals surface area contributed by atoms with Crippen LogP contribution in [0.2, 0.25) is 0 Å². The maximum atomic E-state index is 6.29. The lowest BCUT2D eigenvalue weighted by atomic mass is 9.81. The predicted molar refractivity (Wildman–Crippen MR) is 78.2 cm³/mol. The van der Waals surface area contributed by atoms with Gasteiger partial charge in [-0.2, -0.15) is 0 Å². The number of alkyl halides is 1. The van der Waals surface area contributed by atoms with Crippen molar-refractivity contribution in [2.24, 2.45) is 11.8 Å². The highest BCUT2D eigenvalue weighted by Gasteiger charge is 2.43. The summed E-state index contributed by atoms with van der Waals surface area (Å²) >= 11 is 3.68. The van der Waals surface area contributed by atoms with Gasteiger partial charge in [-0.15, -0.1) is 0 Å². The first-order valence-corrected chi connectivity index (χ1v) is 8.42. The minimum absolute atomic E-state index is 0.275. The Kier molecular flexibility index (Phi) is 5.52. The van der Waals surface area contributed by atoms with Crippen LogP contribution in [-0.4, -0.2) is 29.7 Å². The van der Waals surface area contributed by atoms with Crippen molar-refractivity contribution in [1.82, 2.24) is 0 Å². The molecule has 0 radical (unpaired) electrons. The second kappa shape index (κ2) is 6.71. The van der Waals surface area contributed by atoms with Gasteiger partial charge in [-0.3, -0.25) is 0 Å². The number of hydrogen-bond acceptors (Lipinski definition) is 2. The molecular weight excluding hydrogens is 292 g/mol. The van der Waals surface area contributed by atoms with E-state index in [9.17, 15) is 0 Å². The van der Waals surface area contributed by atoms with Crippen LogP contribution in [0.15, 0.2) is 0 Å². The minimum atomic E-state index is 0.275. The van der Waals surface area contributed by atoms with E-state index in [1.54, 1.807) is 0 Å². The fourth-order valence-electron chi connectivity index (χ4n) is 3.36. The van der Waals surface area contributed by atoms with Crippen molar-refractivity contribution >= 4 is 15.9 Å². The zero-order chi connectivity index (χ0) is 13.1. The summed E-state index contributed by atoms with van der Waals surface area (Å²) in [6.07, 6.45) is 7.07. The average Bonchev–Trinajstić information content (AvgIpc) is 2.27. The Morgan fingerprint density at radius 1 is 1.06 bits per heavy atom. The van der Waals surface area contributed by atoms with Gasteiger partial charge in [0.05, 0.1) is 18.3 Å². The predicted octanol–water partition coefficient (Wildman–Crippen LogP) is 4.16. The molecule has 0 aromatic carbocycles. The van der Waals surface area contributed by atoms with Gasteiger partial charge in [0.1, 0.15) is 0 Å². The maximum absolute atomic E-state index is 6.29. The van der Waals surface area contributed by atoms with E-state index in [4.69, 9.17) is 9.47 Å². The molecule has 5 atom stereocenters. The van der Waals surface area contributed by atoms with E-state index in [-0.39, 0.29) is 6.10 Å². The van der Waals surface area contributed by atoms with E-state index in [0.29, 0.717) is 17.0 Å². The molecule has 3 heteroatoms. The van der Waals surface area contributed by atoms with Crippen LogP contribution in [0.1, 0.15) is 52.9 Å². The van der Waals surface area contributed by atoms with Crippen LogP contribution < -0.4 is 0 Å². The summed E-state index contributed by atoms with van der Waals surface area (Å²) in [7, 11) is 0. The van der Waals surface area contributed by atoms with Crippen LogP contribution >= 0.6 is 15.9 Å². The summed E-state index contributed by atoms with van der Waals surface area (Å²) in [5.41, 5.74) is 0. The monoisotopic (exact) mass is 318 g/mol. The summed E-state index contributed by atoms with van der Waals surface area (Å²) in [6.45, 7) is 7.71. The second-order valence-corrected chi connectivity index (χ2v) is 7.48. The summed E-state index contributed by atoms with van der Waals surface area (Å²) in [4.78, 5) is 0.493. The van der Waals surface area contributed by atoms with Gasteiger partial charge in [0.25, 0.3) is 0 Å². The van der Waals surface area contributed by atoms with Crippen molar-refractivity contribution in [3.05, 3.63) is 0 Å². The Hall–Kier alpha value is 0.400. The van der Waals surface area contributed by atoms with Gasteiger partial charge in [-0.1, -0.05) is 36.7 Å². The summed E-state index contributed by atoms with van der Waals surface area (Å²) in [5.74, 6) is 1.63. The third-order valence-corrected chi connectivity index (χ3v) is 5.09. The quantitative estimate of drug-likeness (QED) is 0.709. The van der Waals surface area contributed by atoms with Crippen molar-refractivity contribution in [2.45, 2.75) is 76.0 Å². The molecule has 0 bridgehead atoms. The first kappa shape index (κ1) is 14.8. The van der Waals surface area contributed by atoms with Crippen LogP contribution in [0.3, 0.4) is 0 Å². The van der Waals surface area contributed by atoms with Crippen LogP contribution in [0.5, 0.6) is 0 Å². The zero-order valence-corrected chi connectivity index (χ0v) is 13.5. The summed E-state index contributed by atoms with van der Waals surface area (Å²) < 4.78 is 12.2. The normalized spacial score (nSPS) is 44.7. The van der Waals surface area contributed by atoms with Crippen molar-refractivity contribution < 1.29 is 9.47 Å². The van der Waals surface area contributed by atoms with E-state index in [1.165, 1.54) is 19.3 Å². The first-order valence-electron chi connectivity index (χ1n) is 7.51. The highest BCUT2D eigenvalue weighted by molar-refractivity contribution is 9.09. The molecule has 0 saturated heterocycles. The maximum Gasteiger partial charge on any atom is 0.0962 e. The van der Waals surface area contributed by atoms with Gasteiger partial charge in [-0.25, -0.2) is 0 Å². The Balaban J connectivity index is 1.78.